The number of aromatic amines is 1. The number of aldehydes is 1. The van der Waals surface area contributed by atoms with Crippen molar-refractivity contribution >= 4 is 18.9 Å². The molecule has 0 bridgehead atoms. The Bertz CT molecular complexity index is 234. The number of aromatic nitrogens is 2. The second kappa shape index (κ2) is 2.63. The van der Waals surface area contributed by atoms with Gasteiger partial charge in [0.15, 0.2) is 6.29 Å². The van der Waals surface area contributed by atoms with Crippen LogP contribution in [0.1, 0.15) is 10.5 Å². The lowest BCUT2D eigenvalue weighted by Crippen LogP contribution is -2.31. The van der Waals surface area contributed by atoms with Crippen LogP contribution in [0.4, 0.5) is 0 Å². The second-order valence-corrected chi connectivity index (χ2v) is 1.73. The van der Waals surface area contributed by atoms with Crippen molar-refractivity contribution in [1.29, 1.82) is 0 Å². The third kappa shape index (κ3) is 1.07. The van der Waals surface area contributed by atoms with Gasteiger partial charge in [-0.3, -0.25) is 9.89 Å². The SMILES string of the molecule is O=Cc1[nH]ncc1B(O)O. The van der Waals surface area contributed by atoms with Crippen molar-refractivity contribution in [3.05, 3.63) is 11.9 Å². The molecule has 3 N–H and O–H groups in total. The lowest BCUT2D eigenvalue weighted by atomic mass is 9.81. The van der Waals surface area contributed by atoms with Crippen LogP contribution in [0.25, 0.3) is 0 Å². The second-order valence-electron chi connectivity index (χ2n) is 1.73. The maximum Gasteiger partial charge on any atom is 0.492 e. The summed E-state index contributed by atoms with van der Waals surface area (Å²) >= 11 is 0. The molecular weight excluding hydrogens is 135 g/mol. The van der Waals surface area contributed by atoms with E-state index in [1.807, 2.05) is 0 Å². The number of carbonyl (C=O) groups is 1. The molecule has 0 aliphatic rings. The molecule has 0 fully saturated rings. The normalized spacial score (nSPS) is 9.40. The van der Waals surface area contributed by atoms with Crippen LogP contribution < -0.4 is 5.46 Å². The van der Waals surface area contributed by atoms with E-state index in [2.05, 4.69) is 10.2 Å². The summed E-state index contributed by atoms with van der Waals surface area (Å²) in [6.07, 6.45) is 1.66. The van der Waals surface area contributed by atoms with Gasteiger partial charge in [-0.05, 0) is 0 Å². The Morgan fingerprint density at radius 3 is 2.80 bits per heavy atom. The van der Waals surface area contributed by atoms with Crippen LogP contribution in [0, 0.1) is 0 Å². The molecule has 1 heterocycles. The molecule has 1 aromatic rings. The Kier molecular flexibility index (Phi) is 1.84. The summed E-state index contributed by atoms with van der Waals surface area (Å²) in [5.74, 6) is 0. The van der Waals surface area contributed by atoms with Gasteiger partial charge in [-0.2, -0.15) is 5.10 Å². The van der Waals surface area contributed by atoms with E-state index in [1.165, 1.54) is 6.20 Å². The summed E-state index contributed by atoms with van der Waals surface area (Å²) in [7, 11) is -1.64. The molecule has 0 amide bonds. The fourth-order valence-electron chi connectivity index (χ4n) is 0.606. The largest absolute Gasteiger partial charge is 0.492 e. The van der Waals surface area contributed by atoms with Gasteiger partial charge in [-0.25, -0.2) is 0 Å². The van der Waals surface area contributed by atoms with Gasteiger partial charge in [0.1, 0.15) is 0 Å². The van der Waals surface area contributed by atoms with Gasteiger partial charge in [0, 0.05) is 11.7 Å². The van der Waals surface area contributed by atoms with Gasteiger partial charge in [0.05, 0.1) is 5.69 Å². The van der Waals surface area contributed by atoms with Crippen LogP contribution >= 0.6 is 0 Å². The topological polar surface area (TPSA) is 86.2 Å². The molecule has 6 heteroatoms. The molecule has 0 atom stereocenters. The number of hydrogen-bond donors (Lipinski definition) is 3. The Labute approximate surface area is 56.8 Å². The highest BCUT2D eigenvalue weighted by atomic mass is 16.4. The Morgan fingerprint density at radius 1 is 1.70 bits per heavy atom. The maximum absolute atomic E-state index is 10.1. The summed E-state index contributed by atoms with van der Waals surface area (Å²) < 4.78 is 0. The molecule has 0 spiro atoms. The third-order valence-electron chi connectivity index (χ3n) is 1.10. The van der Waals surface area contributed by atoms with Crippen LogP contribution in [0.5, 0.6) is 0 Å². The van der Waals surface area contributed by atoms with Crippen LogP contribution in [-0.4, -0.2) is 33.6 Å². The van der Waals surface area contributed by atoms with Gasteiger partial charge in [-0.1, -0.05) is 0 Å². The third-order valence-corrected chi connectivity index (χ3v) is 1.10. The van der Waals surface area contributed by atoms with Crippen molar-refractivity contribution < 1.29 is 14.8 Å². The zero-order valence-corrected chi connectivity index (χ0v) is 4.98. The molecule has 0 aromatic carbocycles. The average molecular weight is 140 g/mol. The lowest BCUT2D eigenvalue weighted by molar-refractivity contribution is 0.111. The van der Waals surface area contributed by atoms with Gasteiger partial charge in [0.25, 0.3) is 0 Å². The molecule has 0 aliphatic heterocycles. The Balaban J connectivity index is 3.01. The minimum atomic E-state index is -1.64. The van der Waals surface area contributed by atoms with E-state index in [1.54, 1.807) is 0 Å². The fraction of sp³-hybridized carbons (Fsp3) is 0. The number of rotatable bonds is 2. The first-order valence-electron chi connectivity index (χ1n) is 2.60. The van der Waals surface area contributed by atoms with Crippen LogP contribution in [-0.2, 0) is 0 Å². The fourth-order valence-corrected chi connectivity index (χ4v) is 0.606. The van der Waals surface area contributed by atoms with Crippen LogP contribution in [0.3, 0.4) is 0 Å². The van der Waals surface area contributed by atoms with E-state index in [0.717, 1.165) is 0 Å². The number of hydrogen-bond acceptors (Lipinski definition) is 4. The molecule has 1 rings (SSSR count). The minimum absolute atomic E-state index is 0.0926. The van der Waals surface area contributed by atoms with Crippen LogP contribution in [0.2, 0.25) is 0 Å². The molecule has 1 aromatic heterocycles. The summed E-state index contributed by atoms with van der Waals surface area (Å²) in [4.78, 5) is 10.1. The highest BCUT2D eigenvalue weighted by Gasteiger charge is 2.16. The molecule has 5 nitrogen and oxygen atoms in total. The quantitative estimate of drug-likeness (QED) is 0.324. The standard InChI is InChI=1S/C4H5BN2O3/c8-2-4-3(5(9)10)1-6-7-4/h1-2,9-10H,(H,6,7). The number of carbonyl (C=O) groups excluding carboxylic acids is 1. The van der Waals surface area contributed by atoms with Gasteiger partial charge < -0.3 is 10.0 Å². The Morgan fingerprint density at radius 2 is 2.40 bits per heavy atom. The first-order chi connectivity index (χ1) is 4.75. The van der Waals surface area contributed by atoms with Crippen LogP contribution in [0.15, 0.2) is 6.20 Å². The molecular formula is C4H5BN2O3. The predicted molar refractivity (Wildman–Crippen MR) is 33.8 cm³/mol. The van der Waals surface area contributed by atoms with Gasteiger partial charge in [0.2, 0.25) is 0 Å². The highest BCUT2D eigenvalue weighted by molar-refractivity contribution is 6.59. The van der Waals surface area contributed by atoms with E-state index >= 15 is 0 Å². The van der Waals surface area contributed by atoms with Crippen molar-refractivity contribution in [3.8, 4) is 0 Å². The monoisotopic (exact) mass is 140 g/mol. The average Bonchev–Trinajstić information content (AvgIpc) is 2.33. The summed E-state index contributed by atoms with van der Waals surface area (Å²) in [5, 5.41) is 22.9. The summed E-state index contributed by atoms with van der Waals surface area (Å²) in [6.45, 7) is 0. The van der Waals surface area contributed by atoms with Crippen molar-refractivity contribution in [2.45, 2.75) is 0 Å². The number of nitrogens with one attached hydrogen (secondary N) is 1. The van der Waals surface area contributed by atoms with Crippen molar-refractivity contribution in [2.75, 3.05) is 0 Å². The smallest absolute Gasteiger partial charge is 0.423 e. The first-order valence-corrected chi connectivity index (χ1v) is 2.60. The molecule has 52 valence electrons. The van der Waals surface area contributed by atoms with Crippen molar-refractivity contribution in [1.82, 2.24) is 10.2 Å². The van der Waals surface area contributed by atoms with Crippen molar-refractivity contribution in [3.63, 3.8) is 0 Å². The Hall–Kier alpha value is -1.14. The molecule has 10 heavy (non-hydrogen) atoms. The molecule has 0 aliphatic carbocycles. The maximum atomic E-state index is 10.1. The number of nitrogens with zero attached hydrogens (tertiary/aromatic N) is 1. The minimum Gasteiger partial charge on any atom is -0.423 e. The zero-order chi connectivity index (χ0) is 7.56. The highest BCUT2D eigenvalue weighted by Crippen LogP contribution is 1.83. The van der Waals surface area contributed by atoms with E-state index in [4.69, 9.17) is 10.0 Å². The van der Waals surface area contributed by atoms with Crippen molar-refractivity contribution in [2.24, 2.45) is 0 Å². The van der Waals surface area contributed by atoms with Gasteiger partial charge in [-0.15, -0.1) is 0 Å². The molecule has 0 saturated heterocycles. The summed E-state index contributed by atoms with van der Waals surface area (Å²) in [5.41, 5.74) is 0.185. The van der Waals surface area contributed by atoms with E-state index in [9.17, 15) is 4.79 Å². The van der Waals surface area contributed by atoms with E-state index in [0.29, 0.717) is 6.29 Å². The first kappa shape index (κ1) is 6.98. The molecule has 0 radical (unpaired) electrons. The molecule has 0 saturated carbocycles. The van der Waals surface area contributed by atoms with E-state index in [-0.39, 0.29) is 11.2 Å². The van der Waals surface area contributed by atoms with Gasteiger partial charge >= 0.3 is 7.12 Å². The number of H-pyrrole nitrogens is 1. The zero-order valence-electron chi connectivity index (χ0n) is 4.98. The lowest BCUT2D eigenvalue weighted by Gasteiger charge is -1.91. The molecule has 0 unspecified atom stereocenters. The summed E-state index contributed by atoms with van der Waals surface area (Å²) in [6, 6.07) is 0. The van der Waals surface area contributed by atoms with E-state index < -0.39 is 7.12 Å². The predicted octanol–water partition coefficient (Wildman–Crippen LogP) is -2.10.